The van der Waals surface area contributed by atoms with Crippen LogP contribution < -0.4 is 15.5 Å². The van der Waals surface area contributed by atoms with Crippen LogP contribution in [0.3, 0.4) is 0 Å². The number of hydrogen-bond acceptors (Lipinski definition) is 9. The molecule has 11 nitrogen and oxygen atoms in total. The molecule has 0 aliphatic carbocycles. The fourth-order valence-electron chi connectivity index (χ4n) is 5.49. The Bertz CT molecular complexity index is 1230. The van der Waals surface area contributed by atoms with Crippen molar-refractivity contribution in [2.24, 2.45) is 4.99 Å². The van der Waals surface area contributed by atoms with Crippen LogP contribution in [0.15, 0.2) is 29.5 Å². The van der Waals surface area contributed by atoms with Gasteiger partial charge >= 0.3 is 0 Å². The number of hydrogen-bond donors (Lipinski definition) is 2. The number of benzene rings is 1. The number of nitrogens with zero attached hydrogens (tertiary/aromatic N) is 6. The van der Waals surface area contributed by atoms with Crippen LogP contribution in [0.1, 0.15) is 49.1 Å². The van der Waals surface area contributed by atoms with Crippen LogP contribution in [0.4, 0.5) is 23.0 Å². The molecule has 0 radical (unpaired) electrons. The van der Waals surface area contributed by atoms with Gasteiger partial charge in [0.25, 0.3) is 0 Å². The van der Waals surface area contributed by atoms with Gasteiger partial charge in [-0.05, 0) is 56.6 Å². The van der Waals surface area contributed by atoms with Gasteiger partial charge in [0, 0.05) is 58.1 Å². The highest BCUT2D eigenvalue weighted by atomic mass is 16.5. The number of aliphatic imine (C=N–C) groups is 1. The Morgan fingerprint density at radius 2 is 1.77 bits per heavy atom. The van der Waals surface area contributed by atoms with Crippen molar-refractivity contribution in [2.75, 3.05) is 75.6 Å². The summed E-state index contributed by atoms with van der Waals surface area (Å²) in [4.78, 5) is 45.5. The summed E-state index contributed by atoms with van der Waals surface area (Å²) < 4.78 is 5.58. The first kappa shape index (κ1) is 28.0. The number of aromatic nitrogens is 2. The number of anilines is 3. The lowest BCUT2D eigenvalue weighted by atomic mass is 10.0. The SMILES string of the molecule is CN1CCCCCC(=O)N(C)CCCNc2ncnc3c2C(C=Nc2ccc(N4CCOCC4)c(c2)C1)C(=O)N3. The first-order valence-corrected chi connectivity index (χ1v) is 14.3. The summed E-state index contributed by atoms with van der Waals surface area (Å²) in [7, 11) is 4.00. The second kappa shape index (κ2) is 13.2. The van der Waals surface area contributed by atoms with Gasteiger partial charge in [0.05, 0.1) is 24.5 Å². The predicted octanol–water partition coefficient (Wildman–Crippen LogP) is 3.02. The van der Waals surface area contributed by atoms with E-state index in [1.807, 2.05) is 13.1 Å². The maximum Gasteiger partial charge on any atom is 0.238 e. The number of rotatable bonds is 1. The molecule has 2 amide bonds. The van der Waals surface area contributed by atoms with Gasteiger partial charge in [0.1, 0.15) is 23.9 Å². The molecule has 1 aromatic carbocycles. The highest BCUT2D eigenvalue weighted by Crippen LogP contribution is 2.35. The molecular formula is C29H40N8O3. The molecule has 0 spiro atoms. The van der Waals surface area contributed by atoms with Crippen LogP contribution in [0, 0.1) is 0 Å². The molecule has 2 N–H and O–H groups in total. The smallest absolute Gasteiger partial charge is 0.238 e. The molecule has 40 heavy (non-hydrogen) atoms. The van der Waals surface area contributed by atoms with Crippen LogP contribution in [0.25, 0.3) is 0 Å². The summed E-state index contributed by atoms with van der Waals surface area (Å²) in [6, 6.07) is 6.28. The molecule has 4 heterocycles. The second-order valence-corrected chi connectivity index (χ2v) is 10.8. The number of ether oxygens (including phenoxy) is 1. The molecule has 1 unspecified atom stereocenters. The Kier molecular flexibility index (Phi) is 9.22. The number of nitrogens with one attached hydrogen (secondary N) is 2. The van der Waals surface area contributed by atoms with Gasteiger partial charge < -0.3 is 30.1 Å². The van der Waals surface area contributed by atoms with E-state index in [2.05, 4.69) is 49.6 Å². The van der Waals surface area contributed by atoms with E-state index >= 15 is 0 Å². The number of amides is 2. The Morgan fingerprint density at radius 1 is 0.950 bits per heavy atom. The van der Waals surface area contributed by atoms with E-state index < -0.39 is 5.92 Å². The van der Waals surface area contributed by atoms with E-state index in [1.165, 1.54) is 17.6 Å². The van der Waals surface area contributed by atoms with Crippen LogP contribution >= 0.6 is 0 Å². The number of carbonyl (C=O) groups excluding carboxylic acids is 2. The van der Waals surface area contributed by atoms with E-state index in [9.17, 15) is 9.59 Å². The normalized spacial score (nSPS) is 21.8. The summed E-state index contributed by atoms with van der Waals surface area (Å²) in [6.07, 6.45) is 7.45. The predicted molar refractivity (Wildman–Crippen MR) is 157 cm³/mol. The van der Waals surface area contributed by atoms with Crippen LogP contribution in [0.5, 0.6) is 0 Å². The maximum atomic E-state index is 12.9. The lowest BCUT2D eigenvalue weighted by molar-refractivity contribution is -0.130. The lowest BCUT2D eigenvalue weighted by Crippen LogP contribution is -2.37. The molecule has 0 saturated carbocycles. The minimum atomic E-state index is -0.595. The lowest BCUT2D eigenvalue weighted by Gasteiger charge is -2.31. The van der Waals surface area contributed by atoms with Gasteiger partial charge in [0.15, 0.2) is 0 Å². The minimum absolute atomic E-state index is 0.170. The molecule has 3 aliphatic rings. The first-order valence-electron chi connectivity index (χ1n) is 14.3. The minimum Gasteiger partial charge on any atom is -0.378 e. The number of fused-ring (bicyclic) bond motifs is 2. The Hall–Kier alpha value is -3.57. The number of carbonyl (C=O) groups is 2. The molecular weight excluding hydrogens is 508 g/mol. The molecule has 2 aromatic rings. The molecule has 3 aliphatic heterocycles. The van der Waals surface area contributed by atoms with Crippen molar-refractivity contribution in [3.63, 3.8) is 0 Å². The van der Waals surface area contributed by atoms with Gasteiger partial charge in [-0.15, -0.1) is 0 Å². The summed E-state index contributed by atoms with van der Waals surface area (Å²) in [6.45, 7) is 6.17. The summed E-state index contributed by atoms with van der Waals surface area (Å²) >= 11 is 0. The van der Waals surface area contributed by atoms with Crippen molar-refractivity contribution in [2.45, 2.75) is 44.6 Å². The van der Waals surface area contributed by atoms with Crippen molar-refractivity contribution in [3.8, 4) is 0 Å². The summed E-state index contributed by atoms with van der Waals surface area (Å²) in [5, 5.41) is 6.22. The van der Waals surface area contributed by atoms with E-state index in [0.717, 1.165) is 70.8 Å². The third-order valence-electron chi connectivity index (χ3n) is 7.77. The highest BCUT2D eigenvalue weighted by molar-refractivity contribution is 6.13. The Labute approximate surface area is 236 Å². The molecule has 1 saturated heterocycles. The zero-order valence-electron chi connectivity index (χ0n) is 23.6. The average Bonchev–Trinajstić information content (AvgIpc) is 3.29. The third kappa shape index (κ3) is 6.76. The largest absolute Gasteiger partial charge is 0.378 e. The molecule has 1 fully saturated rings. The third-order valence-corrected chi connectivity index (χ3v) is 7.77. The van der Waals surface area contributed by atoms with E-state index in [4.69, 9.17) is 9.73 Å². The van der Waals surface area contributed by atoms with E-state index in [-0.39, 0.29) is 11.8 Å². The van der Waals surface area contributed by atoms with Crippen LogP contribution in [-0.2, 0) is 20.9 Å². The van der Waals surface area contributed by atoms with E-state index in [0.29, 0.717) is 36.7 Å². The molecule has 214 valence electrons. The first-order chi connectivity index (χ1) is 19.5. The molecule has 1 aromatic heterocycles. The standard InChI is InChI=1S/C29H40N8O3/c1-35-11-5-3-4-7-25(38)36(2)12-6-10-30-27-26-23(29(39)34-28(26)33-20-32-27)18-31-22-8-9-24(21(17-22)19-35)37-13-15-40-16-14-37/h8-9,17-18,20,23H,3-7,10-16,19H2,1-2H3,(H2,30,32,33,34,39). The Balaban J connectivity index is 1.43. The fourth-order valence-corrected chi connectivity index (χ4v) is 5.49. The second-order valence-electron chi connectivity index (χ2n) is 10.8. The zero-order chi connectivity index (χ0) is 27.9. The van der Waals surface area contributed by atoms with Gasteiger partial charge in [-0.25, -0.2) is 9.97 Å². The molecule has 5 rings (SSSR count). The van der Waals surface area contributed by atoms with Crippen molar-refractivity contribution in [1.82, 2.24) is 19.8 Å². The summed E-state index contributed by atoms with van der Waals surface area (Å²) in [5.74, 6) is 0.539. The molecule has 2 bridgehead atoms. The maximum absolute atomic E-state index is 12.9. The van der Waals surface area contributed by atoms with Gasteiger partial charge in [-0.2, -0.15) is 0 Å². The van der Waals surface area contributed by atoms with Crippen molar-refractivity contribution < 1.29 is 14.3 Å². The molecule has 11 heteroatoms. The quantitative estimate of drug-likeness (QED) is 0.559. The Morgan fingerprint density at radius 3 is 2.62 bits per heavy atom. The molecule has 1 atom stereocenters. The highest BCUT2D eigenvalue weighted by Gasteiger charge is 2.33. The topological polar surface area (TPSA) is 115 Å². The van der Waals surface area contributed by atoms with Crippen molar-refractivity contribution in [1.29, 1.82) is 0 Å². The van der Waals surface area contributed by atoms with Crippen LogP contribution in [-0.4, -0.2) is 97.8 Å². The average molecular weight is 549 g/mol. The van der Waals surface area contributed by atoms with Crippen LogP contribution in [0.2, 0.25) is 0 Å². The number of morpholine rings is 1. The zero-order valence-corrected chi connectivity index (χ0v) is 23.6. The van der Waals surface area contributed by atoms with Gasteiger partial charge in [-0.3, -0.25) is 14.6 Å². The van der Waals surface area contributed by atoms with Crippen molar-refractivity contribution >= 4 is 41.0 Å². The fraction of sp³-hybridized carbons (Fsp3) is 0.552. The van der Waals surface area contributed by atoms with Gasteiger partial charge in [0.2, 0.25) is 11.8 Å². The van der Waals surface area contributed by atoms with E-state index in [1.54, 1.807) is 11.1 Å². The van der Waals surface area contributed by atoms with Crippen molar-refractivity contribution in [3.05, 3.63) is 35.7 Å². The monoisotopic (exact) mass is 548 g/mol. The van der Waals surface area contributed by atoms with Gasteiger partial charge in [-0.1, -0.05) is 6.42 Å². The summed E-state index contributed by atoms with van der Waals surface area (Å²) in [5.41, 5.74) is 3.91.